The maximum Gasteiger partial charge on any atom is 0.119 e. The summed E-state index contributed by atoms with van der Waals surface area (Å²) in [6, 6.07) is 7.71. The van der Waals surface area contributed by atoms with Crippen LogP contribution in [0.1, 0.15) is 30.7 Å². The highest BCUT2D eigenvalue weighted by Gasteiger charge is 2.10. The number of carboxylic acid groups (broad SMARTS) is 1. The van der Waals surface area contributed by atoms with E-state index in [0.29, 0.717) is 13.0 Å². The van der Waals surface area contributed by atoms with Crippen LogP contribution in [0.3, 0.4) is 0 Å². The van der Waals surface area contributed by atoms with E-state index in [1.807, 2.05) is 24.3 Å². The van der Waals surface area contributed by atoms with E-state index in [2.05, 4.69) is 0 Å². The van der Waals surface area contributed by atoms with Gasteiger partial charge in [-0.3, -0.25) is 0 Å². The zero-order valence-corrected chi connectivity index (χ0v) is 10.0. The summed E-state index contributed by atoms with van der Waals surface area (Å²) in [5.74, 6) is -0.0447. The molecule has 1 aromatic rings. The molecule has 0 bridgehead atoms. The van der Waals surface area contributed by atoms with Gasteiger partial charge in [0.2, 0.25) is 0 Å². The maximum atomic E-state index is 10.3. The first-order valence-electron chi connectivity index (χ1n) is 5.71. The van der Waals surface area contributed by atoms with Crippen molar-refractivity contribution in [1.29, 1.82) is 0 Å². The molecule has 0 aromatic heterocycles. The third-order valence-corrected chi connectivity index (χ3v) is 2.78. The number of hydrogen-bond donors (Lipinski definition) is 1. The Morgan fingerprint density at radius 1 is 1.53 bits per heavy atom. The first-order chi connectivity index (χ1) is 8.17. The quantitative estimate of drug-likeness (QED) is 0.754. The molecule has 0 aliphatic carbocycles. The number of carbonyl (C=O) groups excluding carboxylic acids is 1. The molecule has 17 heavy (non-hydrogen) atoms. The van der Waals surface area contributed by atoms with Crippen molar-refractivity contribution in [3.8, 4) is 5.75 Å². The van der Waals surface area contributed by atoms with Gasteiger partial charge in [0.15, 0.2) is 0 Å². The minimum absolute atomic E-state index is 0.0838. The molecular weight excluding hydrogens is 218 g/mol. The molecular formula is C13H18NO3-. The Balaban J connectivity index is 2.62. The molecule has 4 nitrogen and oxygen atoms in total. The van der Waals surface area contributed by atoms with Gasteiger partial charge in [0.25, 0.3) is 0 Å². The fourth-order valence-corrected chi connectivity index (χ4v) is 1.81. The fourth-order valence-electron chi connectivity index (χ4n) is 1.81. The second-order valence-electron chi connectivity index (χ2n) is 3.97. The standard InChI is InChI=1S/C13H19NO3/c1-17-12-6-2-4-10(8-12)11(9-14)5-3-7-13(15)16/h2,4,6,8,11H,3,5,7,9,14H2,1H3,(H,15,16)/p-1. The van der Waals surface area contributed by atoms with Gasteiger partial charge in [-0.1, -0.05) is 12.1 Å². The minimum Gasteiger partial charge on any atom is -0.550 e. The summed E-state index contributed by atoms with van der Waals surface area (Å²) in [6.45, 7) is 0.500. The molecule has 0 amide bonds. The number of methoxy groups -OCH3 is 1. The molecule has 0 aliphatic rings. The van der Waals surface area contributed by atoms with Crippen LogP contribution >= 0.6 is 0 Å². The first kappa shape index (κ1) is 13.5. The number of hydrogen-bond acceptors (Lipinski definition) is 4. The Morgan fingerprint density at radius 3 is 2.88 bits per heavy atom. The first-order valence-corrected chi connectivity index (χ1v) is 5.71. The topological polar surface area (TPSA) is 75.4 Å². The Kier molecular flexibility index (Phi) is 5.49. The van der Waals surface area contributed by atoms with Crippen molar-refractivity contribution in [2.24, 2.45) is 5.73 Å². The van der Waals surface area contributed by atoms with Crippen LogP contribution in [0, 0.1) is 0 Å². The summed E-state index contributed by atoms with van der Waals surface area (Å²) in [7, 11) is 1.62. The predicted octanol–water partition coefficient (Wildman–Crippen LogP) is 0.658. The van der Waals surface area contributed by atoms with Crippen molar-refractivity contribution >= 4 is 5.97 Å². The lowest BCUT2D eigenvalue weighted by molar-refractivity contribution is -0.305. The number of aliphatic carboxylic acids is 1. The van der Waals surface area contributed by atoms with E-state index in [9.17, 15) is 9.90 Å². The Labute approximate surface area is 101 Å². The summed E-state index contributed by atoms with van der Waals surface area (Å²) >= 11 is 0. The van der Waals surface area contributed by atoms with Crippen LogP contribution in [0.15, 0.2) is 24.3 Å². The van der Waals surface area contributed by atoms with E-state index < -0.39 is 5.97 Å². The second-order valence-corrected chi connectivity index (χ2v) is 3.97. The molecule has 1 aromatic carbocycles. The van der Waals surface area contributed by atoms with Gasteiger partial charge in [0.1, 0.15) is 5.75 Å². The van der Waals surface area contributed by atoms with Gasteiger partial charge in [-0.15, -0.1) is 0 Å². The molecule has 0 heterocycles. The number of nitrogens with two attached hydrogens (primary N) is 1. The van der Waals surface area contributed by atoms with Crippen LogP contribution in [0.2, 0.25) is 0 Å². The number of ether oxygens (including phenoxy) is 1. The summed E-state index contributed by atoms with van der Waals surface area (Å²) in [5, 5.41) is 10.3. The Bertz CT molecular complexity index is 365. The van der Waals surface area contributed by atoms with Crippen LogP contribution in [0.5, 0.6) is 5.75 Å². The monoisotopic (exact) mass is 236 g/mol. The predicted molar refractivity (Wildman–Crippen MR) is 63.6 cm³/mol. The third-order valence-electron chi connectivity index (χ3n) is 2.78. The van der Waals surface area contributed by atoms with Crippen LogP contribution in [0.25, 0.3) is 0 Å². The Hall–Kier alpha value is -1.55. The molecule has 4 heteroatoms. The fraction of sp³-hybridized carbons (Fsp3) is 0.462. The average molecular weight is 236 g/mol. The van der Waals surface area contributed by atoms with Crippen LogP contribution in [0.4, 0.5) is 0 Å². The molecule has 0 saturated carbocycles. The lowest BCUT2D eigenvalue weighted by Gasteiger charge is -2.16. The molecule has 0 fully saturated rings. The van der Waals surface area contributed by atoms with Gasteiger partial charge < -0.3 is 20.4 Å². The number of benzene rings is 1. The van der Waals surface area contributed by atoms with Gasteiger partial charge in [-0.05, 0) is 49.4 Å². The molecule has 94 valence electrons. The van der Waals surface area contributed by atoms with E-state index in [4.69, 9.17) is 10.5 Å². The molecule has 0 radical (unpaired) electrons. The van der Waals surface area contributed by atoms with Gasteiger partial charge in [-0.25, -0.2) is 0 Å². The van der Waals surface area contributed by atoms with E-state index in [1.165, 1.54) is 0 Å². The lowest BCUT2D eigenvalue weighted by Crippen LogP contribution is -2.22. The second kappa shape index (κ2) is 6.91. The van der Waals surface area contributed by atoms with Crippen LogP contribution in [-0.4, -0.2) is 19.6 Å². The van der Waals surface area contributed by atoms with Gasteiger partial charge in [0.05, 0.1) is 7.11 Å². The van der Waals surface area contributed by atoms with E-state index in [-0.39, 0.29) is 12.3 Å². The smallest absolute Gasteiger partial charge is 0.119 e. The van der Waals surface area contributed by atoms with Crippen molar-refractivity contribution in [3.63, 3.8) is 0 Å². The Morgan fingerprint density at radius 2 is 2.29 bits per heavy atom. The summed E-state index contributed by atoms with van der Waals surface area (Å²) in [6.07, 6.45) is 1.42. The van der Waals surface area contributed by atoms with Crippen LogP contribution < -0.4 is 15.6 Å². The van der Waals surface area contributed by atoms with Crippen molar-refractivity contribution in [2.45, 2.75) is 25.2 Å². The molecule has 0 aliphatic heterocycles. The van der Waals surface area contributed by atoms with Crippen molar-refractivity contribution in [2.75, 3.05) is 13.7 Å². The van der Waals surface area contributed by atoms with Gasteiger partial charge in [-0.2, -0.15) is 0 Å². The minimum atomic E-state index is -1.01. The molecule has 1 atom stereocenters. The summed E-state index contributed by atoms with van der Waals surface area (Å²) < 4.78 is 5.15. The van der Waals surface area contributed by atoms with Crippen LogP contribution in [-0.2, 0) is 4.79 Å². The molecule has 1 unspecified atom stereocenters. The zero-order valence-electron chi connectivity index (χ0n) is 10.0. The molecule has 2 N–H and O–H groups in total. The highest BCUT2D eigenvalue weighted by atomic mass is 16.5. The van der Waals surface area contributed by atoms with Crippen molar-refractivity contribution in [1.82, 2.24) is 0 Å². The van der Waals surface area contributed by atoms with E-state index in [0.717, 1.165) is 17.7 Å². The highest BCUT2D eigenvalue weighted by molar-refractivity contribution is 5.64. The third kappa shape index (κ3) is 4.44. The van der Waals surface area contributed by atoms with Crippen molar-refractivity contribution < 1.29 is 14.6 Å². The largest absolute Gasteiger partial charge is 0.550 e. The summed E-state index contributed by atoms with van der Waals surface area (Å²) in [4.78, 5) is 10.3. The number of carbonyl (C=O) groups is 1. The number of carboxylic acids is 1. The molecule has 1 rings (SSSR count). The molecule has 0 saturated heterocycles. The zero-order chi connectivity index (χ0) is 12.7. The van der Waals surface area contributed by atoms with Crippen molar-refractivity contribution in [3.05, 3.63) is 29.8 Å². The van der Waals surface area contributed by atoms with E-state index in [1.54, 1.807) is 7.11 Å². The number of rotatable bonds is 7. The normalized spacial score (nSPS) is 12.1. The van der Waals surface area contributed by atoms with Gasteiger partial charge in [0, 0.05) is 5.97 Å². The SMILES string of the molecule is COc1cccc(C(CN)CCCC(=O)[O-])c1. The van der Waals surface area contributed by atoms with E-state index >= 15 is 0 Å². The maximum absolute atomic E-state index is 10.3. The highest BCUT2D eigenvalue weighted by Crippen LogP contribution is 2.24. The lowest BCUT2D eigenvalue weighted by atomic mass is 9.93. The summed E-state index contributed by atoms with van der Waals surface area (Å²) in [5.41, 5.74) is 6.80. The molecule has 0 spiro atoms. The van der Waals surface area contributed by atoms with Gasteiger partial charge >= 0.3 is 0 Å². The average Bonchev–Trinajstić information content (AvgIpc) is 2.34.